The van der Waals surface area contributed by atoms with Gasteiger partial charge < -0.3 is 15.3 Å². The van der Waals surface area contributed by atoms with E-state index in [1.807, 2.05) is 30.3 Å². The Morgan fingerprint density at radius 2 is 1.80 bits per heavy atom. The predicted molar refractivity (Wildman–Crippen MR) is 58.4 cm³/mol. The summed E-state index contributed by atoms with van der Waals surface area (Å²) >= 11 is 0. The lowest BCUT2D eigenvalue weighted by atomic mass is 10.1. The average Bonchev–Trinajstić information content (AvgIpc) is 2.29. The van der Waals surface area contributed by atoms with Crippen LogP contribution in [0.15, 0.2) is 42.5 Å². The van der Waals surface area contributed by atoms with Gasteiger partial charge in [0.1, 0.15) is 12.2 Å². The SMILES string of the molecule is OC[C@@H](O)[C@@H](O)/C=C/Cc1ccccc1. The minimum absolute atomic E-state index is 0.434. The lowest BCUT2D eigenvalue weighted by Gasteiger charge is -2.10. The zero-order chi connectivity index (χ0) is 11.1. The molecule has 0 amide bonds. The van der Waals surface area contributed by atoms with E-state index in [2.05, 4.69) is 0 Å². The Labute approximate surface area is 89.3 Å². The molecule has 3 nitrogen and oxygen atoms in total. The molecule has 0 saturated carbocycles. The molecule has 0 aromatic heterocycles. The maximum atomic E-state index is 9.30. The first kappa shape index (κ1) is 11.9. The molecule has 2 atom stereocenters. The van der Waals surface area contributed by atoms with Gasteiger partial charge in [-0.1, -0.05) is 42.5 Å². The monoisotopic (exact) mass is 208 g/mol. The van der Waals surface area contributed by atoms with Crippen LogP contribution in [0.1, 0.15) is 5.56 Å². The second kappa shape index (κ2) is 6.35. The van der Waals surface area contributed by atoms with Crippen LogP contribution in [0.2, 0.25) is 0 Å². The number of aliphatic hydroxyl groups excluding tert-OH is 3. The molecule has 0 heterocycles. The van der Waals surface area contributed by atoms with E-state index in [1.165, 1.54) is 6.08 Å². The normalized spacial score (nSPS) is 15.4. The van der Waals surface area contributed by atoms with Crippen LogP contribution in [0.5, 0.6) is 0 Å². The smallest absolute Gasteiger partial charge is 0.106 e. The highest BCUT2D eigenvalue weighted by Gasteiger charge is 2.10. The molecule has 0 saturated heterocycles. The number of rotatable bonds is 5. The van der Waals surface area contributed by atoms with Gasteiger partial charge in [0.2, 0.25) is 0 Å². The van der Waals surface area contributed by atoms with Crippen molar-refractivity contribution in [3.63, 3.8) is 0 Å². The van der Waals surface area contributed by atoms with E-state index in [0.29, 0.717) is 6.42 Å². The first-order valence-electron chi connectivity index (χ1n) is 4.91. The van der Waals surface area contributed by atoms with Crippen LogP contribution in [0, 0.1) is 0 Å². The number of benzene rings is 1. The van der Waals surface area contributed by atoms with Crippen LogP contribution in [0.3, 0.4) is 0 Å². The fourth-order valence-corrected chi connectivity index (χ4v) is 1.19. The molecule has 0 unspecified atom stereocenters. The van der Waals surface area contributed by atoms with E-state index < -0.39 is 18.8 Å². The zero-order valence-corrected chi connectivity index (χ0v) is 8.45. The highest BCUT2D eigenvalue weighted by Crippen LogP contribution is 2.01. The van der Waals surface area contributed by atoms with Crippen molar-refractivity contribution in [1.82, 2.24) is 0 Å². The Morgan fingerprint density at radius 3 is 2.40 bits per heavy atom. The summed E-state index contributed by atoms with van der Waals surface area (Å²) in [5.41, 5.74) is 1.14. The molecular weight excluding hydrogens is 192 g/mol. The molecule has 1 rings (SSSR count). The van der Waals surface area contributed by atoms with Crippen molar-refractivity contribution in [3.8, 4) is 0 Å². The largest absolute Gasteiger partial charge is 0.394 e. The summed E-state index contributed by atoms with van der Waals surface area (Å²) in [4.78, 5) is 0. The quantitative estimate of drug-likeness (QED) is 0.617. The summed E-state index contributed by atoms with van der Waals surface area (Å²) in [5.74, 6) is 0. The van der Waals surface area contributed by atoms with Crippen molar-refractivity contribution in [2.75, 3.05) is 6.61 Å². The highest BCUT2D eigenvalue weighted by molar-refractivity contribution is 5.17. The first-order chi connectivity index (χ1) is 7.24. The van der Waals surface area contributed by atoms with Gasteiger partial charge in [-0.15, -0.1) is 0 Å². The molecular formula is C12H16O3. The molecule has 3 heteroatoms. The average molecular weight is 208 g/mol. The summed E-state index contributed by atoms with van der Waals surface area (Å²) in [6, 6.07) is 9.81. The molecule has 0 aliphatic rings. The molecule has 82 valence electrons. The standard InChI is InChI=1S/C12H16O3/c13-9-12(15)11(14)8-4-7-10-5-2-1-3-6-10/h1-6,8,11-15H,7,9H2/b8-4+/t11-,12+/m0/s1. The molecule has 0 spiro atoms. The Morgan fingerprint density at radius 1 is 1.13 bits per heavy atom. The van der Waals surface area contributed by atoms with Gasteiger partial charge in [0.05, 0.1) is 6.61 Å². The van der Waals surface area contributed by atoms with Crippen molar-refractivity contribution < 1.29 is 15.3 Å². The van der Waals surface area contributed by atoms with Crippen molar-refractivity contribution in [3.05, 3.63) is 48.0 Å². The Bertz CT molecular complexity index is 295. The number of aliphatic hydroxyl groups is 3. The minimum atomic E-state index is -1.10. The van der Waals surface area contributed by atoms with E-state index in [0.717, 1.165) is 5.56 Å². The predicted octanol–water partition coefficient (Wildman–Crippen LogP) is 0.499. The van der Waals surface area contributed by atoms with Gasteiger partial charge in [-0.05, 0) is 12.0 Å². The molecule has 15 heavy (non-hydrogen) atoms. The van der Waals surface area contributed by atoms with E-state index in [-0.39, 0.29) is 0 Å². The van der Waals surface area contributed by atoms with E-state index in [9.17, 15) is 5.11 Å². The molecule has 0 radical (unpaired) electrons. The third-order valence-electron chi connectivity index (χ3n) is 2.11. The van der Waals surface area contributed by atoms with Gasteiger partial charge in [-0.25, -0.2) is 0 Å². The Balaban J connectivity index is 2.40. The van der Waals surface area contributed by atoms with E-state index in [4.69, 9.17) is 10.2 Å². The summed E-state index contributed by atoms with van der Waals surface area (Å²) < 4.78 is 0. The number of hydrogen-bond donors (Lipinski definition) is 3. The Hall–Kier alpha value is -1.16. The topological polar surface area (TPSA) is 60.7 Å². The third kappa shape index (κ3) is 4.25. The van der Waals surface area contributed by atoms with Crippen molar-refractivity contribution in [2.45, 2.75) is 18.6 Å². The summed E-state index contributed by atoms with van der Waals surface area (Å²) in [5, 5.41) is 26.9. The molecule has 0 fully saturated rings. The van der Waals surface area contributed by atoms with Gasteiger partial charge in [0.15, 0.2) is 0 Å². The third-order valence-corrected chi connectivity index (χ3v) is 2.11. The fourth-order valence-electron chi connectivity index (χ4n) is 1.19. The summed E-state index contributed by atoms with van der Waals surface area (Å²) in [6.07, 6.45) is 1.87. The molecule has 3 N–H and O–H groups in total. The molecule has 1 aromatic carbocycles. The van der Waals surface area contributed by atoms with Gasteiger partial charge in [-0.3, -0.25) is 0 Å². The van der Waals surface area contributed by atoms with Crippen molar-refractivity contribution in [1.29, 1.82) is 0 Å². The van der Waals surface area contributed by atoms with Crippen LogP contribution in [-0.2, 0) is 6.42 Å². The lowest BCUT2D eigenvalue weighted by Crippen LogP contribution is -2.27. The second-order valence-electron chi connectivity index (χ2n) is 3.36. The number of hydrogen-bond acceptors (Lipinski definition) is 3. The van der Waals surface area contributed by atoms with Gasteiger partial charge in [0, 0.05) is 0 Å². The molecule has 0 bridgehead atoms. The van der Waals surface area contributed by atoms with Gasteiger partial charge in [-0.2, -0.15) is 0 Å². The highest BCUT2D eigenvalue weighted by atomic mass is 16.4. The van der Waals surface area contributed by atoms with Crippen LogP contribution in [0.25, 0.3) is 0 Å². The van der Waals surface area contributed by atoms with Gasteiger partial charge in [0.25, 0.3) is 0 Å². The molecule has 0 aliphatic carbocycles. The zero-order valence-electron chi connectivity index (χ0n) is 8.45. The van der Waals surface area contributed by atoms with Gasteiger partial charge >= 0.3 is 0 Å². The van der Waals surface area contributed by atoms with Crippen LogP contribution >= 0.6 is 0 Å². The molecule has 1 aromatic rings. The fraction of sp³-hybridized carbons (Fsp3) is 0.333. The van der Waals surface area contributed by atoms with Crippen LogP contribution in [-0.4, -0.2) is 34.1 Å². The lowest BCUT2D eigenvalue weighted by molar-refractivity contribution is 0.00939. The van der Waals surface area contributed by atoms with E-state index in [1.54, 1.807) is 6.08 Å². The first-order valence-corrected chi connectivity index (χ1v) is 4.91. The molecule has 0 aliphatic heterocycles. The Kier molecular flexibility index (Phi) is 5.04. The van der Waals surface area contributed by atoms with E-state index >= 15 is 0 Å². The van der Waals surface area contributed by atoms with Crippen LogP contribution < -0.4 is 0 Å². The number of allylic oxidation sites excluding steroid dienone is 1. The van der Waals surface area contributed by atoms with Crippen molar-refractivity contribution >= 4 is 0 Å². The van der Waals surface area contributed by atoms with Crippen LogP contribution in [0.4, 0.5) is 0 Å². The maximum absolute atomic E-state index is 9.30. The second-order valence-corrected chi connectivity index (χ2v) is 3.36. The van der Waals surface area contributed by atoms with Crippen molar-refractivity contribution in [2.24, 2.45) is 0 Å². The minimum Gasteiger partial charge on any atom is -0.394 e. The maximum Gasteiger partial charge on any atom is 0.106 e. The summed E-state index contributed by atoms with van der Waals surface area (Å²) in [6.45, 7) is -0.434. The summed E-state index contributed by atoms with van der Waals surface area (Å²) in [7, 11) is 0.